The van der Waals surface area contributed by atoms with Crippen molar-refractivity contribution in [3.05, 3.63) is 29.8 Å². The van der Waals surface area contributed by atoms with Crippen LogP contribution in [0.15, 0.2) is 29.3 Å². The summed E-state index contributed by atoms with van der Waals surface area (Å²) in [5.41, 5.74) is 1.72. The molecule has 0 unspecified atom stereocenters. The molecule has 5 nitrogen and oxygen atoms in total. The number of carbonyl (C=O) groups is 1. The van der Waals surface area contributed by atoms with E-state index in [0.717, 1.165) is 37.6 Å². The summed E-state index contributed by atoms with van der Waals surface area (Å²) in [6.07, 6.45) is 6.50. The van der Waals surface area contributed by atoms with Crippen molar-refractivity contribution in [2.75, 3.05) is 31.5 Å². The highest BCUT2D eigenvalue weighted by Gasteiger charge is 2.30. The number of hydrogen-bond donors (Lipinski definition) is 2. The van der Waals surface area contributed by atoms with Crippen molar-refractivity contribution >= 4 is 41.5 Å². The fraction of sp³-hybridized carbons (Fsp3) is 0.474. The van der Waals surface area contributed by atoms with E-state index in [4.69, 9.17) is 6.42 Å². The molecule has 0 aliphatic carbocycles. The third-order valence-electron chi connectivity index (χ3n) is 4.00. The Kier molecular flexibility index (Phi) is 8.23. The third kappa shape index (κ3) is 6.58. The number of carbonyl (C=O) groups excluding carboxylic acids is 1. The van der Waals surface area contributed by atoms with Gasteiger partial charge in [-0.3, -0.25) is 4.79 Å². The lowest BCUT2D eigenvalue weighted by molar-refractivity contribution is -0.114. The maximum absolute atomic E-state index is 12.1. The molecule has 0 saturated carbocycles. The second kappa shape index (κ2) is 9.66. The van der Waals surface area contributed by atoms with E-state index < -0.39 is 0 Å². The van der Waals surface area contributed by atoms with Gasteiger partial charge in [0.2, 0.25) is 5.91 Å². The van der Waals surface area contributed by atoms with E-state index in [1.54, 1.807) is 6.07 Å². The van der Waals surface area contributed by atoms with Crippen LogP contribution in [0.5, 0.6) is 0 Å². The molecule has 1 saturated heterocycles. The maximum Gasteiger partial charge on any atom is 0.246 e. The van der Waals surface area contributed by atoms with E-state index >= 15 is 0 Å². The van der Waals surface area contributed by atoms with Crippen molar-refractivity contribution in [1.29, 1.82) is 0 Å². The first-order chi connectivity index (χ1) is 11.4. The van der Waals surface area contributed by atoms with Gasteiger partial charge in [0.25, 0.3) is 0 Å². The maximum atomic E-state index is 12.1. The number of likely N-dealkylation sites (tertiary alicyclic amines) is 1. The van der Waals surface area contributed by atoms with Crippen LogP contribution in [0.4, 0.5) is 5.69 Å². The van der Waals surface area contributed by atoms with Gasteiger partial charge in [-0.1, -0.05) is 25.8 Å². The molecule has 1 aliphatic rings. The molecule has 0 radical (unpaired) electrons. The number of nitrogens with one attached hydrogen (secondary N) is 2. The SMILES string of the molecule is C#Cc1cccc(NC(=O)CN=C(NCC)N2CCC(C)(C)C2)c1.I. The van der Waals surface area contributed by atoms with Crippen molar-refractivity contribution in [2.24, 2.45) is 10.4 Å². The number of hydrogen-bond acceptors (Lipinski definition) is 2. The van der Waals surface area contributed by atoms with Gasteiger partial charge in [-0.05, 0) is 37.0 Å². The number of anilines is 1. The molecule has 0 aromatic heterocycles. The van der Waals surface area contributed by atoms with Gasteiger partial charge in [-0.25, -0.2) is 4.99 Å². The Labute approximate surface area is 167 Å². The predicted octanol–water partition coefficient (Wildman–Crippen LogP) is 2.92. The molecule has 25 heavy (non-hydrogen) atoms. The minimum Gasteiger partial charge on any atom is -0.357 e. The number of halogens is 1. The summed E-state index contributed by atoms with van der Waals surface area (Å²) in [5, 5.41) is 6.10. The molecule has 2 N–H and O–H groups in total. The van der Waals surface area contributed by atoms with Crippen LogP contribution in [0.3, 0.4) is 0 Å². The first-order valence-corrected chi connectivity index (χ1v) is 8.33. The zero-order valence-electron chi connectivity index (χ0n) is 15.1. The molecule has 1 amide bonds. The molecule has 1 aliphatic heterocycles. The van der Waals surface area contributed by atoms with Gasteiger partial charge in [-0.2, -0.15) is 0 Å². The average Bonchev–Trinajstić information content (AvgIpc) is 2.91. The monoisotopic (exact) mass is 454 g/mol. The summed E-state index contributed by atoms with van der Waals surface area (Å²) >= 11 is 0. The highest BCUT2D eigenvalue weighted by molar-refractivity contribution is 14.0. The number of terminal acetylenes is 1. The van der Waals surface area contributed by atoms with Gasteiger partial charge < -0.3 is 15.5 Å². The fourth-order valence-corrected chi connectivity index (χ4v) is 2.75. The summed E-state index contributed by atoms with van der Waals surface area (Å²) in [7, 11) is 0. The number of guanidine groups is 1. The molecule has 0 bridgehead atoms. The molecule has 1 heterocycles. The average molecular weight is 454 g/mol. The van der Waals surface area contributed by atoms with Crippen molar-refractivity contribution < 1.29 is 4.79 Å². The third-order valence-corrected chi connectivity index (χ3v) is 4.00. The highest BCUT2D eigenvalue weighted by Crippen LogP contribution is 2.28. The first-order valence-electron chi connectivity index (χ1n) is 8.33. The van der Waals surface area contributed by atoms with Crippen LogP contribution >= 0.6 is 24.0 Å². The second-order valence-electron chi connectivity index (χ2n) is 6.78. The van der Waals surface area contributed by atoms with E-state index in [9.17, 15) is 4.79 Å². The van der Waals surface area contributed by atoms with Gasteiger partial charge in [0, 0.05) is 30.9 Å². The van der Waals surface area contributed by atoms with Crippen LogP contribution in [0, 0.1) is 17.8 Å². The van der Waals surface area contributed by atoms with Gasteiger partial charge in [0.1, 0.15) is 6.54 Å². The van der Waals surface area contributed by atoms with E-state index in [1.165, 1.54) is 0 Å². The molecule has 0 spiro atoms. The number of rotatable bonds is 4. The zero-order chi connectivity index (χ0) is 17.6. The van der Waals surface area contributed by atoms with Crippen LogP contribution in [-0.2, 0) is 4.79 Å². The zero-order valence-corrected chi connectivity index (χ0v) is 17.5. The normalized spacial score (nSPS) is 15.9. The minimum absolute atomic E-state index is 0. The number of benzene rings is 1. The van der Waals surface area contributed by atoms with Crippen LogP contribution in [0.25, 0.3) is 0 Å². The van der Waals surface area contributed by atoms with Crippen molar-refractivity contribution in [3.8, 4) is 12.3 Å². The standard InChI is InChI=1S/C19H26N4O.HI/c1-5-15-8-7-9-16(12-15)22-17(24)13-21-18(20-6-2)23-11-10-19(3,4)14-23;/h1,7-9,12H,6,10-11,13-14H2,2-4H3,(H,20,21)(H,22,24);1H. The molecule has 136 valence electrons. The van der Waals surface area contributed by atoms with Crippen LogP contribution in [-0.4, -0.2) is 42.9 Å². The Hall–Kier alpha value is -1.75. The van der Waals surface area contributed by atoms with Crippen LogP contribution in [0.1, 0.15) is 32.8 Å². The molecule has 2 rings (SSSR count). The van der Waals surface area contributed by atoms with E-state index in [1.807, 2.05) is 25.1 Å². The molecular weight excluding hydrogens is 427 g/mol. The Morgan fingerprint density at radius 3 is 2.80 bits per heavy atom. The summed E-state index contributed by atoms with van der Waals surface area (Å²) in [6, 6.07) is 7.24. The van der Waals surface area contributed by atoms with Gasteiger partial charge in [-0.15, -0.1) is 30.4 Å². The van der Waals surface area contributed by atoms with E-state index in [2.05, 4.69) is 40.3 Å². The molecule has 6 heteroatoms. The Bertz CT molecular complexity index is 664. The van der Waals surface area contributed by atoms with Crippen LogP contribution < -0.4 is 10.6 Å². The summed E-state index contributed by atoms with van der Waals surface area (Å²) < 4.78 is 0. The van der Waals surface area contributed by atoms with Crippen molar-refractivity contribution in [1.82, 2.24) is 10.2 Å². The lowest BCUT2D eigenvalue weighted by Gasteiger charge is -2.23. The summed E-state index contributed by atoms with van der Waals surface area (Å²) in [5.74, 6) is 3.20. The van der Waals surface area contributed by atoms with Gasteiger partial charge in [0.15, 0.2) is 5.96 Å². The van der Waals surface area contributed by atoms with Crippen molar-refractivity contribution in [3.63, 3.8) is 0 Å². The number of nitrogens with zero attached hydrogens (tertiary/aromatic N) is 2. The minimum atomic E-state index is -0.155. The number of amides is 1. The topological polar surface area (TPSA) is 56.7 Å². The molecule has 0 atom stereocenters. The summed E-state index contributed by atoms with van der Waals surface area (Å²) in [4.78, 5) is 18.8. The van der Waals surface area contributed by atoms with Crippen LogP contribution in [0.2, 0.25) is 0 Å². The van der Waals surface area contributed by atoms with Gasteiger partial charge in [0.05, 0.1) is 0 Å². The largest absolute Gasteiger partial charge is 0.357 e. The fourth-order valence-electron chi connectivity index (χ4n) is 2.75. The highest BCUT2D eigenvalue weighted by atomic mass is 127. The Balaban J connectivity index is 0.00000312. The predicted molar refractivity (Wildman–Crippen MR) is 114 cm³/mol. The molecular formula is C19H27IN4O. The molecule has 1 aromatic rings. The van der Waals surface area contributed by atoms with Gasteiger partial charge >= 0.3 is 0 Å². The van der Waals surface area contributed by atoms with E-state index in [-0.39, 0.29) is 41.8 Å². The first kappa shape index (κ1) is 21.3. The molecule has 1 fully saturated rings. The Morgan fingerprint density at radius 1 is 1.44 bits per heavy atom. The number of aliphatic imine (C=N–C) groups is 1. The van der Waals surface area contributed by atoms with E-state index in [0.29, 0.717) is 5.69 Å². The summed E-state index contributed by atoms with van der Waals surface area (Å²) in [6.45, 7) is 9.31. The lowest BCUT2D eigenvalue weighted by atomic mass is 9.93. The lowest BCUT2D eigenvalue weighted by Crippen LogP contribution is -2.41. The smallest absolute Gasteiger partial charge is 0.246 e. The molecule has 1 aromatic carbocycles. The van der Waals surface area contributed by atoms with Crippen molar-refractivity contribution in [2.45, 2.75) is 27.2 Å². The second-order valence-corrected chi connectivity index (χ2v) is 6.78. The quantitative estimate of drug-likeness (QED) is 0.319. The Morgan fingerprint density at radius 2 is 2.20 bits per heavy atom.